The lowest BCUT2D eigenvalue weighted by Crippen LogP contribution is -2.51. The van der Waals surface area contributed by atoms with Crippen molar-refractivity contribution in [1.29, 1.82) is 0 Å². The highest BCUT2D eigenvalue weighted by atomic mass is 16.3. The van der Waals surface area contributed by atoms with E-state index >= 15 is 0 Å². The van der Waals surface area contributed by atoms with Gasteiger partial charge in [0.25, 0.3) is 0 Å². The summed E-state index contributed by atoms with van der Waals surface area (Å²) in [5.41, 5.74) is 3.73. The standard InChI is InChI=1S/C18H26N4O/c1-15-4-5-18(22-8-3-7-19-22)16(12-15)13-21-10-9-20(2)17(14-21)6-11-23/h3-5,7-8,12,17,23H,6,9-11,13-14H2,1-2H3. The smallest absolute Gasteiger partial charge is 0.0690 e. The maximum Gasteiger partial charge on any atom is 0.0690 e. The Bertz CT molecular complexity index is 626. The first-order valence-corrected chi connectivity index (χ1v) is 8.30. The van der Waals surface area contributed by atoms with Crippen LogP contribution < -0.4 is 0 Å². The lowest BCUT2D eigenvalue weighted by Gasteiger charge is -2.39. The number of rotatable bonds is 5. The molecule has 124 valence electrons. The second kappa shape index (κ2) is 7.25. The Balaban J connectivity index is 1.78. The van der Waals surface area contributed by atoms with Gasteiger partial charge in [0.15, 0.2) is 0 Å². The van der Waals surface area contributed by atoms with Crippen LogP contribution in [-0.4, -0.2) is 64.0 Å². The monoisotopic (exact) mass is 314 g/mol. The zero-order valence-corrected chi connectivity index (χ0v) is 14.0. The van der Waals surface area contributed by atoms with Crippen LogP contribution in [0, 0.1) is 6.92 Å². The fourth-order valence-electron chi connectivity index (χ4n) is 3.33. The van der Waals surface area contributed by atoms with Crippen molar-refractivity contribution in [3.05, 3.63) is 47.8 Å². The molecule has 5 nitrogen and oxygen atoms in total. The highest BCUT2D eigenvalue weighted by Gasteiger charge is 2.24. The second-order valence-electron chi connectivity index (χ2n) is 6.46. The van der Waals surface area contributed by atoms with E-state index in [1.54, 1.807) is 0 Å². The zero-order chi connectivity index (χ0) is 16.2. The Kier molecular flexibility index (Phi) is 5.10. The van der Waals surface area contributed by atoms with E-state index in [0.29, 0.717) is 6.04 Å². The first-order valence-electron chi connectivity index (χ1n) is 8.30. The van der Waals surface area contributed by atoms with Crippen molar-refractivity contribution < 1.29 is 5.11 Å². The molecule has 1 aliphatic heterocycles. The van der Waals surface area contributed by atoms with Gasteiger partial charge in [0.2, 0.25) is 0 Å². The van der Waals surface area contributed by atoms with E-state index in [4.69, 9.17) is 0 Å². The number of piperazine rings is 1. The molecule has 0 amide bonds. The third kappa shape index (κ3) is 3.80. The number of benzene rings is 1. The van der Waals surface area contributed by atoms with Gasteiger partial charge in [-0.3, -0.25) is 4.90 Å². The van der Waals surface area contributed by atoms with Crippen molar-refractivity contribution in [2.45, 2.75) is 25.9 Å². The average Bonchev–Trinajstić information content (AvgIpc) is 3.05. The van der Waals surface area contributed by atoms with Crippen LogP contribution in [0.5, 0.6) is 0 Å². The van der Waals surface area contributed by atoms with Crippen LogP contribution in [-0.2, 0) is 6.54 Å². The SMILES string of the molecule is Cc1ccc(-n2cccn2)c(CN2CCN(C)C(CCO)C2)c1. The summed E-state index contributed by atoms with van der Waals surface area (Å²) < 4.78 is 1.94. The minimum absolute atomic E-state index is 0.256. The molecular weight excluding hydrogens is 288 g/mol. The molecular formula is C18H26N4O. The maximum atomic E-state index is 9.26. The molecule has 5 heteroatoms. The van der Waals surface area contributed by atoms with E-state index in [-0.39, 0.29) is 6.61 Å². The summed E-state index contributed by atoms with van der Waals surface area (Å²) >= 11 is 0. The molecule has 2 aromatic rings. The number of aromatic nitrogens is 2. The Morgan fingerprint density at radius 1 is 1.30 bits per heavy atom. The first-order chi connectivity index (χ1) is 11.2. The molecule has 3 rings (SSSR count). The number of nitrogens with zero attached hydrogens (tertiary/aromatic N) is 4. The van der Waals surface area contributed by atoms with Crippen LogP contribution in [0.15, 0.2) is 36.7 Å². The Morgan fingerprint density at radius 3 is 2.91 bits per heavy atom. The molecule has 0 bridgehead atoms. The van der Waals surface area contributed by atoms with E-state index in [1.165, 1.54) is 11.1 Å². The first kappa shape index (κ1) is 16.2. The van der Waals surface area contributed by atoms with Gasteiger partial charge in [-0.15, -0.1) is 0 Å². The molecule has 1 saturated heterocycles. The summed E-state index contributed by atoms with van der Waals surface area (Å²) in [6, 6.07) is 8.94. The summed E-state index contributed by atoms with van der Waals surface area (Å²) in [6.07, 6.45) is 4.65. The highest BCUT2D eigenvalue weighted by molar-refractivity contribution is 5.42. The van der Waals surface area contributed by atoms with E-state index in [9.17, 15) is 5.11 Å². The van der Waals surface area contributed by atoms with Gasteiger partial charge in [-0.25, -0.2) is 4.68 Å². The van der Waals surface area contributed by atoms with E-state index in [0.717, 1.165) is 38.3 Å². The lowest BCUT2D eigenvalue weighted by molar-refractivity contribution is 0.0743. The summed E-state index contributed by atoms with van der Waals surface area (Å²) in [7, 11) is 2.15. The minimum atomic E-state index is 0.256. The molecule has 1 unspecified atom stereocenters. The molecule has 0 aliphatic carbocycles. The summed E-state index contributed by atoms with van der Waals surface area (Å²) in [4.78, 5) is 4.85. The number of aliphatic hydroxyl groups excluding tert-OH is 1. The van der Waals surface area contributed by atoms with E-state index in [1.807, 2.05) is 23.1 Å². The van der Waals surface area contributed by atoms with Crippen LogP contribution in [0.25, 0.3) is 5.69 Å². The van der Waals surface area contributed by atoms with Gasteiger partial charge in [-0.1, -0.05) is 17.7 Å². The van der Waals surface area contributed by atoms with Gasteiger partial charge in [0, 0.05) is 51.2 Å². The number of aryl methyl sites for hydroxylation is 1. The number of aliphatic hydroxyl groups is 1. The molecule has 0 saturated carbocycles. The highest BCUT2D eigenvalue weighted by Crippen LogP contribution is 2.20. The third-order valence-electron chi connectivity index (χ3n) is 4.70. The number of hydrogen-bond donors (Lipinski definition) is 1. The van der Waals surface area contributed by atoms with Crippen LogP contribution in [0.2, 0.25) is 0 Å². The molecule has 1 atom stereocenters. The molecule has 1 aromatic carbocycles. The van der Waals surface area contributed by atoms with Gasteiger partial charge in [-0.05, 0) is 38.1 Å². The Hall–Kier alpha value is -1.69. The van der Waals surface area contributed by atoms with Crippen molar-refractivity contribution >= 4 is 0 Å². The Labute approximate surface area is 138 Å². The normalized spacial score (nSPS) is 20.0. The molecule has 1 N–H and O–H groups in total. The molecule has 1 fully saturated rings. The molecule has 0 radical (unpaired) electrons. The third-order valence-corrected chi connectivity index (χ3v) is 4.70. The van der Waals surface area contributed by atoms with E-state index < -0.39 is 0 Å². The van der Waals surface area contributed by atoms with Crippen LogP contribution in [0.4, 0.5) is 0 Å². The predicted octanol–water partition coefficient (Wildman–Crippen LogP) is 1.68. The second-order valence-corrected chi connectivity index (χ2v) is 6.46. The van der Waals surface area contributed by atoms with Crippen molar-refractivity contribution in [2.75, 3.05) is 33.3 Å². The van der Waals surface area contributed by atoms with Gasteiger partial charge in [0.1, 0.15) is 0 Å². The zero-order valence-electron chi connectivity index (χ0n) is 14.0. The predicted molar refractivity (Wildman–Crippen MR) is 91.7 cm³/mol. The topological polar surface area (TPSA) is 44.5 Å². The van der Waals surface area contributed by atoms with Gasteiger partial charge < -0.3 is 10.0 Å². The number of hydrogen-bond acceptors (Lipinski definition) is 4. The molecule has 0 spiro atoms. The molecule has 2 heterocycles. The van der Waals surface area contributed by atoms with Gasteiger partial charge >= 0.3 is 0 Å². The van der Waals surface area contributed by atoms with Crippen LogP contribution in [0.3, 0.4) is 0 Å². The van der Waals surface area contributed by atoms with Crippen molar-refractivity contribution in [1.82, 2.24) is 19.6 Å². The van der Waals surface area contributed by atoms with Crippen molar-refractivity contribution in [2.24, 2.45) is 0 Å². The largest absolute Gasteiger partial charge is 0.396 e. The lowest BCUT2D eigenvalue weighted by atomic mass is 10.1. The fraction of sp³-hybridized carbons (Fsp3) is 0.500. The summed E-state index contributed by atoms with van der Waals surface area (Å²) in [6.45, 7) is 6.43. The minimum Gasteiger partial charge on any atom is -0.396 e. The Morgan fingerprint density at radius 2 is 2.17 bits per heavy atom. The fourth-order valence-corrected chi connectivity index (χ4v) is 3.33. The quantitative estimate of drug-likeness (QED) is 0.912. The van der Waals surface area contributed by atoms with Crippen LogP contribution >= 0.6 is 0 Å². The number of likely N-dealkylation sites (N-methyl/N-ethyl adjacent to an activating group) is 1. The van der Waals surface area contributed by atoms with Crippen LogP contribution in [0.1, 0.15) is 17.5 Å². The van der Waals surface area contributed by atoms with Gasteiger partial charge in [0.05, 0.1) is 5.69 Å². The van der Waals surface area contributed by atoms with E-state index in [2.05, 4.69) is 47.1 Å². The summed E-state index contributed by atoms with van der Waals surface area (Å²) in [5.74, 6) is 0. The van der Waals surface area contributed by atoms with Crippen molar-refractivity contribution in [3.63, 3.8) is 0 Å². The molecule has 23 heavy (non-hydrogen) atoms. The summed E-state index contributed by atoms with van der Waals surface area (Å²) in [5, 5.41) is 13.6. The average molecular weight is 314 g/mol. The molecule has 1 aliphatic rings. The molecule has 1 aromatic heterocycles. The van der Waals surface area contributed by atoms with Gasteiger partial charge in [-0.2, -0.15) is 5.10 Å². The maximum absolute atomic E-state index is 9.26. The van der Waals surface area contributed by atoms with Crippen molar-refractivity contribution in [3.8, 4) is 5.69 Å².